The van der Waals surface area contributed by atoms with Gasteiger partial charge in [0.2, 0.25) is 5.91 Å². The maximum atomic E-state index is 12.1. The molecule has 1 amide bonds. The van der Waals surface area contributed by atoms with Crippen LogP contribution in [0.5, 0.6) is 0 Å². The molecule has 1 aliphatic rings. The molecule has 1 heterocycles. The van der Waals surface area contributed by atoms with Crippen LogP contribution in [0.3, 0.4) is 0 Å². The van der Waals surface area contributed by atoms with Gasteiger partial charge in [-0.1, -0.05) is 18.6 Å². The van der Waals surface area contributed by atoms with Crippen molar-refractivity contribution in [1.82, 2.24) is 5.32 Å². The van der Waals surface area contributed by atoms with Crippen LogP contribution in [0.25, 0.3) is 0 Å². The van der Waals surface area contributed by atoms with Crippen LogP contribution in [-0.2, 0) is 4.79 Å². The number of carbonyl (C=O) groups excluding carboxylic acids is 1. The number of benzene rings is 1. The Labute approximate surface area is 103 Å². The molecule has 0 aromatic heterocycles. The molecule has 1 aromatic rings. The van der Waals surface area contributed by atoms with E-state index < -0.39 is 0 Å². The second kappa shape index (κ2) is 5.32. The van der Waals surface area contributed by atoms with Gasteiger partial charge >= 0.3 is 0 Å². The van der Waals surface area contributed by atoms with E-state index in [0.29, 0.717) is 0 Å². The predicted molar refractivity (Wildman–Crippen MR) is 70.2 cm³/mol. The summed E-state index contributed by atoms with van der Waals surface area (Å²) in [6, 6.07) is 5.97. The van der Waals surface area contributed by atoms with Gasteiger partial charge in [-0.3, -0.25) is 4.79 Å². The summed E-state index contributed by atoms with van der Waals surface area (Å²) in [6.45, 7) is 5.05. The lowest BCUT2D eigenvalue weighted by Gasteiger charge is -2.23. The standard InChI is InChI=1S/C14H20N2O/c1-10-6-5-8-12(11(10)2)16-14(17)13-7-3-4-9-15-13/h5-6,8,13,15H,3-4,7,9H2,1-2H3,(H,16,17)/t13-/m1/s1. The lowest BCUT2D eigenvalue weighted by molar-refractivity contribution is -0.118. The second-order valence-electron chi connectivity index (χ2n) is 4.74. The molecule has 0 radical (unpaired) electrons. The highest BCUT2D eigenvalue weighted by Crippen LogP contribution is 2.19. The molecular formula is C14H20N2O. The summed E-state index contributed by atoms with van der Waals surface area (Å²) in [5.74, 6) is 0.0957. The van der Waals surface area contributed by atoms with Crippen LogP contribution >= 0.6 is 0 Å². The van der Waals surface area contributed by atoms with Crippen molar-refractivity contribution in [2.75, 3.05) is 11.9 Å². The first kappa shape index (κ1) is 12.1. The number of aryl methyl sites for hydroxylation is 1. The Morgan fingerprint density at radius 1 is 1.35 bits per heavy atom. The van der Waals surface area contributed by atoms with E-state index in [1.807, 2.05) is 19.1 Å². The molecule has 0 aliphatic carbocycles. The van der Waals surface area contributed by atoms with Gasteiger partial charge in [-0.2, -0.15) is 0 Å². The highest BCUT2D eigenvalue weighted by atomic mass is 16.2. The quantitative estimate of drug-likeness (QED) is 0.822. The zero-order valence-electron chi connectivity index (χ0n) is 10.5. The van der Waals surface area contributed by atoms with E-state index in [4.69, 9.17) is 0 Å². The van der Waals surface area contributed by atoms with E-state index >= 15 is 0 Å². The molecule has 0 spiro atoms. The Morgan fingerprint density at radius 2 is 2.18 bits per heavy atom. The topological polar surface area (TPSA) is 41.1 Å². The summed E-state index contributed by atoms with van der Waals surface area (Å²) >= 11 is 0. The van der Waals surface area contributed by atoms with Crippen LogP contribution in [0.2, 0.25) is 0 Å². The van der Waals surface area contributed by atoms with Crippen molar-refractivity contribution in [3.63, 3.8) is 0 Å². The molecule has 1 fully saturated rings. The first-order valence-corrected chi connectivity index (χ1v) is 6.29. The normalized spacial score (nSPS) is 20.0. The van der Waals surface area contributed by atoms with Crippen molar-refractivity contribution < 1.29 is 4.79 Å². The van der Waals surface area contributed by atoms with Crippen LogP contribution in [0.1, 0.15) is 30.4 Å². The summed E-state index contributed by atoms with van der Waals surface area (Å²) in [5.41, 5.74) is 3.29. The molecule has 3 heteroatoms. The first-order valence-electron chi connectivity index (χ1n) is 6.29. The van der Waals surface area contributed by atoms with Crippen LogP contribution < -0.4 is 10.6 Å². The number of anilines is 1. The Balaban J connectivity index is 2.04. The van der Waals surface area contributed by atoms with Crippen molar-refractivity contribution in [1.29, 1.82) is 0 Å². The molecule has 92 valence electrons. The zero-order valence-corrected chi connectivity index (χ0v) is 10.5. The molecule has 17 heavy (non-hydrogen) atoms. The summed E-state index contributed by atoms with van der Waals surface area (Å²) in [5, 5.41) is 6.28. The van der Waals surface area contributed by atoms with E-state index in [1.54, 1.807) is 0 Å². The van der Waals surface area contributed by atoms with Gasteiger partial charge in [0.25, 0.3) is 0 Å². The van der Waals surface area contributed by atoms with E-state index in [1.165, 1.54) is 12.0 Å². The number of hydrogen-bond donors (Lipinski definition) is 2. The van der Waals surface area contributed by atoms with E-state index in [2.05, 4.69) is 23.6 Å². The summed E-state index contributed by atoms with van der Waals surface area (Å²) < 4.78 is 0. The van der Waals surface area contributed by atoms with Gasteiger partial charge < -0.3 is 10.6 Å². The van der Waals surface area contributed by atoms with Gasteiger partial charge in [-0.05, 0) is 50.4 Å². The number of carbonyl (C=O) groups is 1. The first-order chi connectivity index (χ1) is 8.18. The third kappa shape index (κ3) is 2.86. The average Bonchev–Trinajstić information content (AvgIpc) is 2.36. The molecule has 1 aromatic carbocycles. The summed E-state index contributed by atoms with van der Waals surface area (Å²) in [6.07, 6.45) is 3.25. The van der Waals surface area contributed by atoms with Crippen molar-refractivity contribution >= 4 is 11.6 Å². The van der Waals surface area contributed by atoms with E-state index in [-0.39, 0.29) is 11.9 Å². The number of nitrogens with one attached hydrogen (secondary N) is 2. The molecule has 1 atom stereocenters. The number of piperidine rings is 1. The van der Waals surface area contributed by atoms with E-state index in [0.717, 1.165) is 30.6 Å². The molecule has 0 unspecified atom stereocenters. The van der Waals surface area contributed by atoms with Gasteiger partial charge in [-0.25, -0.2) is 0 Å². The molecule has 2 N–H and O–H groups in total. The molecule has 1 aliphatic heterocycles. The monoisotopic (exact) mass is 232 g/mol. The van der Waals surface area contributed by atoms with Crippen LogP contribution in [0.15, 0.2) is 18.2 Å². The van der Waals surface area contributed by atoms with Crippen molar-refractivity contribution in [3.05, 3.63) is 29.3 Å². The second-order valence-corrected chi connectivity index (χ2v) is 4.74. The highest BCUT2D eigenvalue weighted by molar-refractivity contribution is 5.95. The fourth-order valence-corrected chi connectivity index (χ4v) is 2.18. The third-order valence-corrected chi connectivity index (χ3v) is 3.49. The van der Waals surface area contributed by atoms with Gasteiger partial charge in [0.05, 0.1) is 6.04 Å². The minimum Gasteiger partial charge on any atom is -0.324 e. The SMILES string of the molecule is Cc1cccc(NC(=O)[C@H]2CCCCN2)c1C. The number of hydrogen-bond acceptors (Lipinski definition) is 2. The molecule has 0 bridgehead atoms. The largest absolute Gasteiger partial charge is 0.324 e. The number of rotatable bonds is 2. The Morgan fingerprint density at radius 3 is 2.88 bits per heavy atom. The minimum absolute atomic E-state index is 0.0244. The van der Waals surface area contributed by atoms with Crippen LogP contribution in [0.4, 0.5) is 5.69 Å². The lowest BCUT2D eigenvalue weighted by Crippen LogP contribution is -2.43. The van der Waals surface area contributed by atoms with E-state index in [9.17, 15) is 4.79 Å². The Kier molecular flexibility index (Phi) is 3.79. The van der Waals surface area contributed by atoms with Crippen molar-refractivity contribution in [3.8, 4) is 0 Å². The minimum atomic E-state index is -0.0244. The lowest BCUT2D eigenvalue weighted by atomic mass is 10.0. The maximum Gasteiger partial charge on any atom is 0.241 e. The zero-order chi connectivity index (χ0) is 12.3. The Hall–Kier alpha value is -1.35. The third-order valence-electron chi connectivity index (χ3n) is 3.49. The van der Waals surface area contributed by atoms with Crippen LogP contribution in [-0.4, -0.2) is 18.5 Å². The fraction of sp³-hybridized carbons (Fsp3) is 0.500. The molecular weight excluding hydrogens is 212 g/mol. The summed E-state index contributed by atoms with van der Waals surface area (Å²) in [7, 11) is 0. The van der Waals surface area contributed by atoms with Gasteiger partial charge in [-0.15, -0.1) is 0 Å². The van der Waals surface area contributed by atoms with Crippen molar-refractivity contribution in [2.45, 2.75) is 39.2 Å². The number of amides is 1. The molecule has 3 nitrogen and oxygen atoms in total. The molecule has 0 saturated carbocycles. The Bertz CT molecular complexity index is 409. The van der Waals surface area contributed by atoms with Gasteiger partial charge in [0.15, 0.2) is 0 Å². The fourth-order valence-electron chi connectivity index (χ4n) is 2.18. The predicted octanol–water partition coefficient (Wildman–Crippen LogP) is 2.38. The highest BCUT2D eigenvalue weighted by Gasteiger charge is 2.20. The molecule has 2 rings (SSSR count). The smallest absolute Gasteiger partial charge is 0.241 e. The average molecular weight is 232 g/mol. The van der Waals surface area contributed by atoms with Crippen LogP contribution in [0, 0.1) is 13.8 Å². The van der Waals surface area contributed by atoms with Gasteiger partial charge in [0.1, 0.15) is 0 Å². The summed E-state index contributed by atoms with van der Waals surface area (Å²) in [4.78, 5) is 12.1. The maximum absolute atomic E-state index is 12.1. The molecule has 1 saturated heterocycles. The van der Waals surface area contributed by atoms with Gasteiger partial charge in [0, 0.05) is 5.69 Å². The van der Waals surface area contributed by atoms with Crippen molar-refractivity contribution in [2.24, 2.45) is 0 Å².